The molecule has 4 rings (SSSR count). The number of benzene rings is 1. The molecule has 0 bridgehead atoms. The summed E-state index contributed by atoms with van der Waals surface area (Å²) in [6, 6.07) is 17.2. The van der Waals surface area contributed by atoms with Gasteiger partial charge < -0.3 is 10.1 Å². The average Bonchev–Trinajstić information content (AvgIpc) is 3.05. The van der Waals surface area contributed by atoms with Gasteiger partial charge in [-0.1, -0.05) is 30.3 Å². The van der Waals surface area contributed by atoms with Crippen molar-refractivity contribution in [2.24, 2.45) is 0 Å². The van der Waals surface area contributed by atoms with Gasteiger partial charge >= 0.3 is 6.09 Å². The molecule has 0 aliphatic carbocycles. The van der Waals surface area contributed by atoms with Crippen molar-refractivity contribution in [2.45, 2.75) is 12.1 Å². The Kier molecular flexibility index (Phi) is 3.67. The van der Waals surface area contributed by atoms with Crippen LogP contribution in [-0.4, -0.2) is 16.1 Å². The molecule has 2 atom stereocenters. The third-order valence-electron chi connectivity index (χ3n) is 4.04. The van der Waals surface area contributed by atoms with Gasteiger partial charge in [0.15, 0.2) is 6.10 Å². The van der Waals surface area contributed by atoms with E-state index in [2.05, 4.69) is 15.3 Å². The van der Waals surface area contributed by atoms with E-state index in [9.17, 15) is 4.79 Å². The quantitative estimate of drug-likeness (QED) is 0.800. The van der Waals surface area contributed by atoms with E-state index in [1.165, 1.54) is 0 Å². The van der Waals surface area contributed by atoms with E-state index in [4.69, 9.17) is 4.74 Å². The molecular weight excluding hydrogens is 302 g/mol. The molecule has 1 N–H and O–H groups in total. The van der Waals surface area contributed by atoms with Crippen LogP contribution >= 0.6 is 0 Å². The molecule has 1 amide bonds. The van der Waals surface area contributed by atoms with Crippen LogP contribution in [0, 0.1) is 0 Å². The zero-order chi connectivity index (χ0) is 16.4. The number of amides is 1. The number of hydrogen-bond acceptors (Lipinski definition) is 4. The van der Waals surface area contributed by atoms with E-state index in [0.717, 1.165) is 22.4 Å². The molecule has 1 fully saturated rings. The molecule has 24 heavy (non-hydrogen) atoms. The van der Waals surface area contributed by atoms with Crippen LogP contribution in [-0.2, 0) is 4.74 Å². The van der Waals surface area contributed by atoms with Gasteiger partial charge in [0, 0.05) is 24.2 Å². The third-order valence-corrected chi connectivity index (χ3v) is 4.04. The largest absolute Gasteiger partial charge is 0.439 e. The van der Waals surface area contributed by atoms with Crippen LogP contribution < -0.4 is 5.32 Å². The zero-order valence-corrected chi connectivity index (χ0v) is 12.8. The van der Waals surface area contributed by atoms with Gasteiger partial charge in [0.25, 0.3) is 0 Å². The summed E-state index contributed by atoms with van der Waals surface area (Å²) in [4.78, 5) is 20.3. The number of rotatable bonds is 3. The number of nitrogens with one attached hydrogen (secondary N) is 1. The maximum atomic E-state index is 11.8. The molecule has 1 saturated heterocycles. The highest BCUT2D eigenvalue weighted by molar-refractivity contribution is 5.71. The number of carbonyl (C=O) groups is 1. The van der Waals surface area contributed by atoms with Crippen molar-refractivity contribution in [3.05, 3.63) is 84.3 Å². The van der Waals surface area contributed by atoms with Gasteiger partial charge in [-0.25, -0.2) is 4.79 Å². The van der Waals surface area contributed by atoms with E-state index in [0.29, 0.717) is 0 Å². The first kappa shape index (κ1) is 14.4. The molecule has 5 heteroatoms. The molecule has 1 aliphatic heterocycles. The maximum absolute atomic E-state index is 11.8. The van der Waals surface area contributed by atoms with Gasteiger partial charge in [-0.3, -0.25) is 9.97 Å². The first-order valence-electron chi connectivity index (χ1n) is 7.70. The van der Waals surface area contributed by atoms with Gasteiger partial charge in [-0.15, -0.1) is 0 Å². The maximum Gasteiger partial charge on any atom is 0.408 e. The second-order valence-corrected chi connectivity index (χ2v) is 5.57. The Balaban J connectivity index is 1.71. The molecule has 0 unspecified atom stereocenters. The summed E-state index contributed by atoms with van der Waals surface area (Å²) >= 11 is 0. The van der Waals surface area contributed by atoms with Crippen LogP contribution in [0.3, 0.4) is 0 Å². The van der Waals surface area contributed by atoms with Crippen LogP contribution in [0.15, 0.2) is 73.2 Å². The number of hydrogen-bond donors (Lipinski definition) is 1. The minimum absolute atomic E-state index is 0.252. The van der Waals surface area contributed by atoms with E-state index in [1.807, 2.05) is 54.6 Å². The minimum atomic E-state index is -0.409. The summed E-state index contributed by atoms with van der Waals surface area (Å²) in [7, 11) is 0. The van der Waals surface area contributed by atoms with Crippen molar-refractivity contribution in [3.8, 4) is 11.3 Å². The number of aromatic nitrogens is 2. The zero-order valence-electron chi connectivity index (χ0n) is 12.8. The fourth-order valence-corrected chi connectivity index (χ4v) is 2.89. The lowest BCUT2D eigenvalue weighted by atomic mass is 9.96. The highest BCUT2D eigenvalue weighted by Crippen LogP contribution is 2.37. The molecule has 0 saturated carbocycles. The Bertz CT molecular complexity index is 853. The van der Waals surface area contributed by atoms with Gasteiger partial charge in [0.2, 0.25) is 0 Å². The molecule has 0 spiro atoms. The fourth-order valence-electron chi connectivity index (χ4n) is 2.89. The van der Waals surface area contributed by atoms with Gasteiger partial charge in [-0.05, 0) is 35.4 Å². The summed E-state index contributed by atoms with van der Waals surface area (Å²) < 4.78 is 5.48. The van der Waals surface area contributed by atoms with Crippen molar-refractivity contribution in [3.63, 3.8) is 0 Å². The molecule has 1 aromatic carbocycles. The number of ether oxygens (including phenoxy) is 1. The van der Waals surface area contributed by atoms with E-state index in [-0.39, 0.29) is 12.1 Å². The Hall–Kier alpha value is -3.21. The topological polar surface area (TPSA) is 64.1 Å². The van der Waals surface area contributed by atoms with Crippen LogP contribution in [0.2, 0.25) is 0 Å². The highest BCUT2D eigenvalue weighted by atomic mass is 16.6. The monoisotopic (exact) mass is 317 g/mol. The Morgan fingerprint density at radius 3 is 2.62 bits per heavy atom. The smallest absolute Gasteiger partial charge is 0.408 e. The lowest BCUT2D eigenvalue weighted by Crippen LogP contribution is -2.19. The Morgan fingerprint density at radius 2 is 1.83 bits per heavy atom. The molecular formula is C19H15N3O2. The summed E-state index contributed by atoms with van der Waals surface area (Å²) in [5.74, 6) is 0. The van der Waals surface area contributed by atoms with Crippen molar-refractivity contribution >= 4 is 6.09 Å². The second-order valence-electron chi connectivity index (χ2n) is 5.57. The molecule has 2 aromatic heterocycles. The van der Waals surface area contributed by atoms with Crippen molar-refractivity contribution < 1.29 is 9.53 Å². The van der Waals surface area contributed by atoms with E-state index in [1.54, 1.807) is 18.6 Å². The third kappa shape index (κ3) is 2.72. The predicted octanol–water partition coefficient (Wildman–Crippen LogP) is 3.67. The predicted molar refractivity (Wildman–Crippen MR) is 89.0 cm³/mol. The SMILES string of the molecule is O=C1N[C@H](c2ccnc(-c3cccnc3)c2)[C@@H](c2ccccc2)O1. The summed E-state index contributed by atoms with van der Waals surface area (Å²) in [6.07, 6.45) is 4.47. The standard InChI is InChI=1S/C19H15N3O2/c23-19-22-17(18(24-19)13-5-2-1-3-6-13)14-8-10-21-16(11-14)15-7-4-9-20-12-15/h1-12,17-18H,(H,22,23)/t17-,18-/m1/s1. The minimum Gasteiger partial charge on any atom is -0.439 e. The molecule has 3 aromatic rings. The van der Waals surface area contributed by atoms with Gasteiger partial charge in [0.05, 0.1) is 11.7 Å². The normalized spacial score (nSPS) is 19.6. The number of pyridine rings is 2. The lowest BCUT2D eigenvalue weighted by molar-refractivity contribution is 0.132. The van der Waals surface area contributed by atoms with E-state index >= 15 is 0 Å². The van der Waals surface area contributed by atoms with Crippen LogP contribution in [0.4, 0.5) is 4.79 Å². The van der Waals surface area contributed by atoms with Crippen molar-refractivity contribution in [1.29, 1.82) is 0 Å². The fraction of sp³-hybridized carbons (Fsp3) is 0.105. The van der Waals surface area contributed by atoms with Crippen molar-refractivity contribution in [2.75, 3.05) is 0 Å². The summed E-state index contributed by atoms with van der Waals surface area (Å²) in [5.41, 5.74) is 3.65. The van der Waals surface area contributed by atoms with Crippen LogP contribution in [0.25, 0.3) is 11.3 Å². The average molecular weight is 317 g/mol. The first-order chi connectivity index (χ1) is 11.8. The summed E-state index contributed by atoms with van der Waals surface area (Å²) in [5, 5.41) is 2.89. The molecule has 3 heterocycles. The highest BCUT2D eigenvalue weighted by Gasteiger charge is 2.36. The second kappa shape index (κ2) is 6.12. The lowest BCUT2D eigenvalue weighted by Gasteiger charge is -2.18. The Labute approximate surface area is 139 Å². The van der Waals surface area contributed by atoms with Gasteiger partial charge in [-0.2, -0.15) is 0 Å². The summed E-state index contributed by atoms with van der Waals surface area (Å²) in [6.45, 7) is 0. The van der Waals surface area contributed by atoms with E-state index < -0.39 is 6.09 Å². The van der Waals surface area contributed by atoms with Gasteiger partial charge in [0.1, 0.15) is 0 Å². The molecule has 118 valence electrons. The Morgan fingerprint density at radius 1 is 0.958 bits per heavy atom. The first-order valence-corrected chi connectivity index (χ1v) is 7.70. The number of carbonyl (C=O) groups excluding carboxylic acids is 1. The molecule has 0 radical (unpaired) electrons. The number of alkyl carbamates (subject to hydrolysis) is 1. The van der Waals surface area contributed by atoms with Crippen LogP contribution in [0.5, 0.6) is 0 Å². The van der Waals surface area contributed by atoms with Crippen molar-refractivity contribution in [1.82, 2.24) is 15.3 Å². The molecule has 1 aliphatic rings. The van der Waals surface area contributed by atoms with Crippen LogP contribution in [0.1, 0.15) is 23.3 Å². The molecule has 5 nitrogen and oxygen atoms in total. The number of nitrogens with zero attached hydrogens (tertiary/aromatic N) is 2. The number of cyclic esters (lactones) is 1.